The molecular weight excluding hydrogens is 258 g/mol. The van der Waals surface area contributed by atoms with Crippen molar-refractivity contribution in [3.8, 4) is 0 Å². The van der Waals surface area contributed by atoms with Crippen molar-refractivity contribution in [2.45, 2.75) is 19.8 Å². The van der Waals surface area contributed by atoms with Crippen LogP contribution in [0.15, 0.2) is 35.9 Å². The zero-order valence-corrected chi connectivity index (χ0v) is 12.7. The van der Waals surface area contributed by atoms with Gasteiger partial charge >= 0.3 is 0 Å². The van der Waals surface area contributed by atoms with Crippen LogP contribution in [0.2, 0.25) is 0 Å². The average molecular weight is 280 g/mol. The van der Waals surface area contributed by atoms with Gasteiger partial charge in [0, 0.05) is 12.0 Å². The minimum absolute atomic E-state index is 0. The van der Waals surface area contributed by atoms with Crippen LogP contribution in [0, 0.1) is 5.41 Å². The topological polar surface area (TPSA) is 20.3 Å². The standard InChI is InChI=1S/C16H21NO.ClH/c1-16(12-17(2)3)10-9-14(15(16)18)11-13-7-5-4-6-8-13;/h4-8,11H,9-10,12H2,1-3H3;1H. The first-order valence-corrected chi connectivity index (χ1v) is 6.46. The highest BCUT2D eigenvalue weighted by atomic mass is 35.5. The van der Waals surface area contributed by atoms with Gasteiger partial charge in [-0.2, -0.15) is 0 Å². The van der Waals surface area contributed by atoms with E-state index in [0.717, 1.165) is 30.5 Å². The van der Waals surface area contributed by atoms with Gasteiger partial charge in [0.1, 0.15) is 0 Å². The Kier molecular flexibility index (Phi) is 5.33. The lowest BCUT2D eigenvalue weighted by molar-refractivity contribution is -0.122. The largest absolute Gasteiger partial charge is 0.308 e. The monoisotopic (exact) mass is 279 g/mol. The Morgan fingerprint density at radius 2 is 1.89 bits per heavy atom. The van der Waals surface area contributed by atoms with Crippen molar-refractivity contribution in [1.29, 1.82) is 0 Å². The Morgan fingerprint density at radius 3 is 2.47 bits per heavy atom. The lowest BCUT2D eigenvalue weighted by Crippen LogP contribution is -2.34. The van der Waals surface area contributed by atoms with Crippen LogP contribution in [-0.4, -0.2) is 31.3 Å². The maximum atomic E-state index is 12.5. The van der Waals surface area contributed by atoms with Crippen LogP contribution < -0.4 is 0 Å². The Balaban J connectivity index is 0.00000180. The Hall–Kier alpha value is -1.12. The maximum absolute atomic E-state index is 12.5. The van der Waals surface area contributed by atoms with E-state index in [1.165, 1.54) is 0 Å². The lowest BCUT2D eigenvalue weighted by Gasteiger charge is -2.25. The van der Waals surface area contributed by atoms with Crippen LogP contribution in [0.5, 0.6) is 0 Å². The summed E-state index contributed by atoms with van der Waals surface area (Å²) in [5.41, 5.74) is 1.89. The van der Waals surface area contributed by atoms with E-state index in [2.05, 4.69) is 11.8 Å². The fourth-order valence-electron chi connectivity index (χ4n) is 2.76. The summed E-state index contributed by atoms with van der Waals surface area (Å²) < 4.78 is 0. The summed E-state index contributed by atoms with van der Waals surface area (Å²) in [5.74, 6) is 0.319. The van der Waals surface area contributed by atoms with Gasteiger partial charge < -0.3 is 4.90 Å². The van der Waals surface area contributed by atoms with Gasteiger partial charge in [-0.05, 0) is 44.1 Å². The highest BCUT2D eigenvalue weighted by molar-refractivity contribution is 6.05. The number of Topliss-reactive ketones (excluding diaryl/α,β-unsaturated/α-hetero) is 1. The van der Waals surface area contributed by atoms with Crippen molar-refractivity contribution in [2.24, 2.45) is 5.41 Å². The quantitative estimate of drug-likeness (QED) is 0.790. The summed E-state index contributed by atoms with van der Waals surface area (Å²) >= 11 is 0. The summed E-state index contributed by atoms with van der Waals surface area (Å²) in [6.07, 6.45) is 3.91. The first-order chi connectivity index (χ1) is 8.51. The minimum atomic E-state index is -0.204. The molecule has 1 aliphatic rings. The molecule has 1 fully saturated rings. The fraction of sp³-hybridized carbons (Fsp3) is 0.438. The Bertz CT molecular complexity index is 467. The molecule has 0 aromatic heterocycles. The first kappa shape index (κ1) is 15.9. The normalized spacial score (nSPS) is 24.8. The van der Waals surface area contributed by atoms with Crippen molar-refractivity contribution in [3.05, 3.63) is 41.5 Å². The molecule has 1 saturated carbocycles. The zero-order chi connectivity index (χ0) is 13.2. The summed E-state index contributed by atoms with van der Waals surface area (Å²) in [6, 6.07) is 10.1. The number of hydrogen-bond acceptors (Lipinski definition) is 2. The van der Waals surface area contributed by atoms with Crippen LogP contribution in [0.25, 0.3) is 6.08 Å². The van der Waals surface area contributed by atoms with Gasteiger partial charge in [-0.3, -0.25) is 4.79 Å². The van der Waals surface area contributed by atoms with Crippen LogP contribution in [-0.2, 0) is 4.79 Å². The summed E-state index contributed by atoms with van der Waals surface area (Å²) in [6.45, 7) is 2.92. The van der Waals surface area contributed by atoms with Crippen LogP contribution in [0.4, 0.5) is 0 Å². The molecule has 0 spiro atoms. The number of allylic oxidation sites excluding steroid dienone is 1. The predicted molar refractivity (Wildman–Crippen MR) is 82.6 cm³/mol. The van der Waals surface area contributed by atoms with Gasteiger partial charge in [0.15, 0.2) is 5.78 Å². The predicted octanol–water partition coefficient (Wildman–Crippen LogP) is 3.42. The molecule has 0 N–H and O–H groups in total. The molecule has 1 unspecified atom stereocenters. The van der Waals surface area contributed by atoms with Gasteiger partial charge in [-0.15, -0.1) is 12.4 Å². The fourth-order valence-corrected chi connectivity index (χ4v) is 2.76. The van der Waals surface area contributed by atoms with E-state index in [-0.39, 0.29) is 17.8 Å². The molecule has 1 aromatic rings. The van der Waals surface area contributed by atoms with Gasteiger partial charge in [0.2, 0.25) is 0 Å². The van der Waals surface area contributed by atoms with Crippen LogP contribution in [0.3, 0.4) is 0 Å². The van der Waals surface area contributed by atoms with Crippen molar-refractivity contribution in [2.75, 3.05) is 20.6 Å². The van der Waals surface area contributed by atoms with Crippen molar-refractivity contribution in [1.82, 2.24) is 4.90 Å². The number of ketones is 1. The van der Waals surface area contributed by atoms with Gasteiger partial charge in [0.05, 0.1) is 0 Å². The summed E-state index contributed by atoms with van der Waals surface area (Å²) in [7, 11) is 4.05. The SMILES string of the molecule is CN(C)CC1(C)CCC(=Cc2ccccc2)C1=O.Cl. The Labute approximate surface area is 121 Å². The Morgan fingerprint density at radius 1 is 1.26 bits per heavy atom. The molecule has 1 aromatic carbocycles. The second-order valence-corrected chi connectivity index (χ2v) is 5.71. The molecule has 0 radical (unpaired) electrons. The molecule has 2 rings (SSSR count). The first-order valence-electron chi connectivity index (χ1n) is 6.46. The molecule has 3 heteroatoms. The van der Waals surface area contributed by atoms with E-state index in [9.17, 15) is 4.79 Å². The molecule has 0 aliphatic heterocycles. The number of carbonyl (C=O) groups is 1. The lowest BCUT2D eigenvalue weighted by atomic mass is 9.86. The highest BCUT2D eigenvalue weighted by Gasteiger charge is 2.40. The van der Waals surface area contributed by atoms with E-state index in [1.807, 2.05) is 50.5 Å². The molecule has 2 nitrogen and oxygen atoms in total. The number of halogens is 1. The van der Waals surface area contributed by atoms with Crippen LogP contribution >= 0.6 is 12.4 Å². The number of nitrogens with zero attached hydrogens (tertiary/aromatic N) is 1. The number of benzene rings is 1. The summed E-state index contributed by atoms with van der Waals surface area (Å²) in [4.78, 5) is 14.6. The maximum Gasteiger partial charge on any atom is 0.166 e. The minimum Gasteiger partial charge on any atom is -0.308 e. The molecule has 0 saturated heterocycles. The van der Waals surface area contributed by atoms with E-state index < -0.39 is 0 Å². The molecule has 1 aliphatic carbocycles. The third-order valence-electron chi connectivity index (χ3n) is 3.59. The molecule has 1 atom stereocenters. The van der Waals surface area contributed by atoms with Crippen LogP contribution in [0.1, 0.15) is 25.3 Å². The van der Waals surface area contributed by atoms with Gasteiger partial charge in [-0.1, -0.05) is 37.3 Å². The third kappa shape index (κ3) is 3.68. The number of carbonyl (C=O) groups excluding carboxylic acids is 1. The molecular formula is C16H22ClNO. The second-order valence-electron chi connectivity index (χ2n) is 5.71. The van der Waals surface area contributed by atoms with Crippen molar-refractivity contribution < 1.29 is 4.79 Å². The molecule has 104 valence electrons. The van der Waals surface area contributed by atoms with E-state index >= 15 is 0 Å². The second kappa shape index (κ2) is 6.36. The van der Waals surface area contributed by atoms with Gasteiger partial charge in [0.25, 0.3) is 0 Å². The average Bonchev–Trinajstić information content (AvgIpc) is 2.58. The van der Waals surface area contributed by atoms with E-state index in [0.29, 0.717) is 5.78 Å². The van der Waals surface area contributed by atoms with E-state index in [4.69, 9.17) is 0 Å². The molecule has 0 amide bonds. The molecule has 19 heavy (non-hydrogen) atoms. The van der Waals surface area contributed by atoms with E-state index in [1.54, 1.807) is 0 Å². The number of hydrogen-bond donors (Lipinski definition) is 0. The van der Waals surface area contributed by atoms with Crippen molar-refractivity contribution in [3.63, 3.8) is 0 Å². The zero-order valence-electron chi connectivity index (χ0n) is 11.8. The smallest absolute Gasteiger partial charge is 0.166 e. The highest BCUT2D eigenvalue weighted by Crippen LogP contribution is 2.38. The molecule has 0 bridgehead atoms. The number of rotatable bonds is 3. The van der Waals surface area contributed by atoms with Crippen molar-refractivity contribution >= 4 is 24.3 Å². The molecule has 0 heterocycles. The third-order valence-corrected chi connectivity index (χ3v) is 3.59. The van der Waals surface area contributed by atoms with Gasteiger partial charge in [-0.25, -0.2) is 0 Å². The summed E-state index contributed by atoms with van der Waals surface area (Å²) in [5, 5.41) is 0.